The molecule has 1 aromatic rings. The van der Waals surface area contributed by atoms with Crippen LogP contribution < -0.4 is 5.32 Å². The lowest BCUT2D eigenvalue weighted by Gasteiger charge is -2.22. The first-order valence-corrected chi connectivity index (χ1v) is 8.04. The zero-order chi connectivity index (χ0) is 15.0. The number of nitrogens with one attached hydrogen (secondary N) is 1. The molecule has 0 aromatic heterocycles. The number of benzene rings is 1. The van der Waals surface area contributed by atoms with Crippen molar-refractivity contribution in [3.8, 4) is 0 Å². The molecular formula is C16H22ClFN2O. The van der Waals surface area contributed by atoms with Gasteiger partial charge >= 0.3 is 0 Å². The zero-order valence-electron chi connectivity index (χ0n) is 12.2. The van der Waals surface area contributed by atoms with E-state index in [1.807, 2.05) is 0 Å². The van der Waals surface area contributed by atoms with Gasteiger partial charge in [0.05, 0.1) is 17.7 Å². The number of rotatable bonds is 5. The molecule has 1 aromatic carbocycles. The number of hydrogen-bond donors (Lipinski definition) is 2. The molecule has 1 saturated carbocycles. The van der Waals surface area contributed by atoms with E-state index in [2.05, 4.69) is 17.1 Å². The number of aliphatic hydroxyl groups excluding tert-OH is 1. The topological polar surface area (TPSA) is 35.5 Å². The fraction of sp³-hybridized carbons (Fsp3) is 0.625. The molecule has 3 atom stereocenters. The monoisotopic (exact) mass is 312 g/mol. The summed E-state index contributed by atoms with van der Waals surface area (Å²) in [6.07, 6.45) is 3.69. The summed E-state index contributed by atoms with van der Waals surface area (Å²) in [4.78, 5) is 2.55. The minimum absolute atomic E-state index is 0.0462. The van der Waals surface area contributed by atoms with Crippen LogP contribution >= 0.6 is 11.6 Å². The van der Waals surface area contributed by atoms with Crippen LogP contribution in [0.1, 0.15) is 37.8 Å². The quantitative estimate of drug-likeness (QED) is 0.877. The van der Waals surface area contributed by atoms with Crippen molar-refractivity contribution >= 4 is 11.6 Å². The van der Waals surface area contributed by atoms with Crippen molar-refractivity contribution in [2.75, 3.05) is 13.2 Å². The lowest BCUT2D eigenvalue weighted by molar-refractivity contribution is 0.226. The summed E-state index contributed by atoms with van der Waals surface area (Å²) in [7, 11) is 0. The normalized spacial score (nSPS) is 28.0. The highest BCUT2D eigenvalue weighted by atomic mass is 35.5. The van der Waals surface area contributed by atoms with Crippen molar-refractivity contribution in [1.82, 2.24) is 10.2 Å². The smallest absolute Gasteiger partial charge is 0.142 e. The minimum atomic E-state index is -0.436. The van der Waals surface area contributed by atoms with Crippen molar-refractivity contribution in [1.29, 1.82) is 0 Å². The van der Waals surface area contributed by atoms with Crippen LogP contribution in [0, 0.1) is 5.82 Å². The Morgan fingerprint density at radius 1 is 1.48 bits per heavy atom. The molecule has 0 radical (unpaired) electrons. The van der Waals surface area contributed by atoms with Gasteiger partial charge in [0.25, 0.3) is 0 Å². The highest BCUT2D eigenvalue weighted by Gasteiger charge is 2.39. The van der Waals surface area contributed by atoms with Crippen LogP contribution in [0.3, 0.4) is 0 Å². The van der Waals surface area contributed by atoms with Crippen molar-refractivity contribution in [2.24, 2.45) is 0 Å². The Bertz CT molecular complexity index is 509. The van der Waals surface area contributed by atoms with Crippen LogP contribution in [0.5, 0.6) is 0 Å². The standard InChI is InChI=1S/C16H22ClFN2O/c1-10-6-12(8-20(10)13-3-4-13)19-16(9-21)11-2-5-14(17)15(18)7-11/h2,5,7,10,12-13,16,19,21H,3-4,6,8-9H2,1H3. The molecule has 0 bridgehead atoms. The fourth-order valence-corrected chi connectivity index (χ4v) is 3.48. The molecule has 3 rings (SSSR count). The van der Waals surface area contributed by atoms with Crippen molar-refractivity contribution in [2.45, 2.75) is 50.4 Å². The molecule has 2 N–H and O–H groups in total. The van der Waals surface area contributed by atoms with Gasteiger partial charge in [-0.1, -0.05) is 17.7 Å². The Morgan fingerprint density at radius 3 is 2.86 bits per heavy atom. The van der Waals surface area contributed by atoms with E-state index in [0.29, 0.717) is 12.1 Å². The van der Waals surface area contributed by atoms with Crippen LogP contribution in [-0.4, -0.2) is 41.3 Å². The van der Waals surface area contributed by atoms with Crippen LogP contribution in [0.4, 0.5) is 4.39 Å². The van der Waals surface area contributed by atoms with Gasteiger partial charge in [-0.2, -0.15) is 0 Å². The van der Waals surface area contributed by atoms with E-state index in [1.54, 1.807) is 12.1 Å². The molecule has 116 valence electrons. The molecule has 2 aliphatic rings. The Morgan fingerprint density at radius 2 is 2.24 bits per heavy atom. The lowest BCUT2D eigenvalue weighted by atomic mass is 10.1. The third-order valence-electron chi connectivity index (χ3n) is 4.60. The zero-order valence-corrected chi connectivity index (χ0v) is 13.0. The molecule has 1 aliphatic heterocycles. The second-order valence-electron chi connectivity index (χ2n) is 6.28. The molecule has 1 aliphatic carbocycles. The predicted octanol–water partition coefficient (Wildman–Crippen LogP) is 2.73. The van der Waals surface area contributed by atoms with E-state index >= 15 is 0 Å². The maximum absolute atomic E-state index is 13.6. The van der Waals surface area contributed by atoms with Crippen LogP contribution in [0.15, 0.2) is 18.2 Å². The summed E-state index contributed by atoms with van der Waals surface area (Å²) >= 11 is 5.71. The largest absolute Gasteiger partial charge is 0.394 e. The minimum Gasteiger partial charge on any atom is -0.394 e. The van der Waals surface area contributed by atoms with Crippen LogP contribution in [0.25, 0.3) is 0 Å². The van der Waals surface area contributed by atoms with E-state index in [4.69, 9.17) is 11.6 Å². The van der Waals surface area contributed by atoms with Gasteiger partial charge in [0.15, 0.2) is 0 Å². The fourth-order valence-electron chi connectivity index (χ4n) is 3.36. The summed E-state index contributed by atoms with van der Waals surface area (Å²) in [5.74, 6) is -0.436. The molecule has 0 amide bonds. The number of hydrogen-bond acceptors (Lipinski definition) is 3. The van der Waals surface area contributed by atoms with E-state index in [9.17, 15) is 9.50 Å². The molecular weight excluding hydrogens is 291 g/mol. The second kappa shape index (κ2) is 6.21. The molecule has 2 fully saturated rings. The average molecular weight is 313 g/mol. The van der Waals surface area contributed by atoms with Crippen LogP contribution in [-0.2, 0) is 0 Å². The number of aliphatic hydroxyl groups is 1. The second-order valence-corrected chi connectivity index (χ2v) is 6.69. The average Bonchev–Trinajstić information content (AvgIpc) is 3.23. The van der Waals surface area contributed by atoms with Crippen molar-refractivity contribution in [3.05, 3.63) is 34.6 Å². The van der Waals surface area contributed by atoms with Gasteiger partial charge < -0.3 is 10.4 Å². The van der Waals surface area contributed by atoms with Crippen LogP contribution in [0.2, 0.25) is 5.02 Å². The molecule has 5 heteroatoms. The molecule has 0 spiro atoms. The van der Waals surface area contributed by atoms with E-state index in [0.717, 1.165) is 24.6 Å². The maximum Gasteiger partial charge on any atom is 0.142 e. The Hall–Kier alpha value is -0.680. The predicted molar refractivity (Wildman–Crippen MR) is 82.0 cm³/mol. The van der Waals surface area contributed by atoms with Gasteiger partial charge in [-0.05, 0) is 43.9 Å². The lowest BCUT2D eigenvalue weighted by Crippen LogP contribution is -2.37. The van der Waals surface area contributed by atoms with Gasteiger partial charge in [-0.3, -0.25) is 4.90 Å². The number of likely N-dealkylation sites (tertiary alicyclic amines) is 1. The molecule has 21 heavy (non-hydrogen) atoms. The summed E-state index contributed by atoms with van der Waals surface area (Å²) in [5, 5.41) is 13.2. The van der Waals surface area contributed by atoms with Gasteiger partial charge in [0, 0.05) is 24.7 Å². The Balaban J connectivity index is 1.65. The first-order chi connectivity index (χ1) is 10.1. The summed E-state index contributed by atoms with van der Waals surface area (Å²) in [6.45, 7) is 3.23. The summed E-state index contributed by atoms with van der Waals surface area (Å²) < 4.78 is 13.6. The van der Waals surface area contributed by atoms with E-state index in [-0.39, 0.29) is 17.7 Å². The third-order valence-corrected chi connectivity index (χ3v) is 4.91. The van der Waals surface area contributed by atoms with E-state index in [1.165, 1.54) is 18.9 Å². The summed E-state index contributed by atoms with van der Waals surface area (Å²) in [5.41, 5.74) is 0.747. The first kappa shape index (κ1) is 15.2. The number of halogens is 2. The first-order valence-electron chi connectivity index (χ1n) is 7.66. The van der Waals surface area contributed by atoms with Gasteiger partial charge in [0.2, 0.25) is 0 Å². The number of nitrogens with zero attached hydrogens (tertiary/aromatic N) is 1. The van der Waals surface area contributed by atoms with Crippen molar-refractivity contribution < 1.29 is 9.50 Å². The van der Waals surface area contributed by atoms with Gasteiger partial charge in [-0.25, -0.2) is 4.39 Å². The Kier molecular flexibility index (Phi) is 4.50. The SMILES string of the molecule is CC1CC(NC(CO)c2ccc(Cl)c(F)c2)CN1C1CC1. The third kappa shape index (κ3) is 3.39. The maximum atomic E-state index is 13.6. The van der Waals surface area contributed by atoms with E-state index < -0.39 is 5.82 Å². The molecule has 1 heterocycles. The Labute approximate surface area is 130 Å². The molecule has 3 nitrogen and oxygen atoms in total. The highest BCUT2D eigenvalue weighted by Crippen LogP contribution is 2.34. The molecule has 3 unspecified atom stereocenters. The highest BCUT2D eigenvalue weighted by molar-refractivity contribution is 6.30. The van der Waals surface area contributed by atoms with Gasteiger partial charge in [-0.15, -0.1) is 0 Å². The summed E-state index contributed by atoms with van der Waals surface area (Å²) in [6, 6.07) is 6.17. The molecule has 1 saturated heterocycles. The van der Waals surface area contributed by atoms with Gasteiger partial charge in [0.1, 0.15) is 5.82 Å². The van der Waals surface area contributed by atoms with Crippen molar-refractivity contribution in [3.63, 3.8) is 0 Å².